The van der Waals surface area contributed by atoms with E-state index < -0.39 is 0 Å². The van der Waals surface area contributed by atoms with Gasteiger partial charge in [0.2, 0.25) is 0 Å². The molecule has 0 amide bonds. The van der Waals surface area contributed by atoms with Gasteiger partial charge in [0, 0.05) is 43.8 Å². The van der Waals surface area contributed by atoms with Gasteiger partial charge < -0.3 is 28.8 Å². The molecule has 8 aromatic carbocycles. The number of nitrogens with zero attached hydrogens (tertiary/aromatic N) is 2. The Balaban J connectivity index is 1.03. The highest BCUT2D eigenvalue weighted by Crippen LogP contribution is 2.52. The number of benzene rings is 8. The second-order valence-electron chi connectivity index (χ2n) is 41.0. The van der Waals surface area contributed by atoms with Gasteiger partial charge in [-0.1, -0.05) is 267 Å². The topological polar surface area (TPSA) is 68.8 Å². The molecule has 0 saturated heterocycles. The van der Waals surface area contributed by atoms with Crippen molar-refractivity contribution < 1.29 is 19.7 Å². The van der Waals surface area contributed by atoms with Crippen LogP contribution in [0, 0.1) is 22.7 Å². The number of ether oxygens (including phenoxy) is 2. The lowest BCUT2D eigenvalue weighted by Gasteiger charge is -2.34. The van der Waals surface area contributed by atoms with Gasteiger partial charge in [0.1, 0.15) is 23.0 Å². The minimum atomic E-state index is -0.280. The Morgan fingerprint density at radius 1 is 0.304 bits per heavy atom. The fraction of sp³-hybridized carbons (Fsp3) is 0.500. The van der Waals surface area contributed by atoms with Crippen molar-refractivity contribution in [2.24, 2.45) is 22.7 Å². The maximum absolute atomic E-state index is 13.7. The van der Waals surface area contributed by atoms with E-state index in [9.17, 15) is 10.2 Å². The van der Waals surface area contributed by atoms with E-state index in [4.69, 9.17) is 9.47 Å². The molecule has 544 valence electrons. The second-order valence-corrected chi connectivity index (χ2v) is 41.0. The van der Waals surface area contributed by atoms with Crippen molar-refractivity contribution in [2.45, 2.75) is 276 Å². The molecule has 0 aliphatic heterocycles. The number of fused-ring (bicyclic) bond motifs is 6. The van der Waals surface area contributed by atoms with Crippen molar-refractivity contribution in [3.8, 4) is 56.6 Å². The Bertz CT molecular complexity index is 4360. The first-order valence-corrected chi connectivity index (χ1v) is 38.4. The summed E-state index contributed by atoms with van der Waals surface area (Å²) >= 11 is 0. The molecular formula is C96H126N2O4. The highest BCUT2D eigenvalue weighted by molar-refractivity contribution is 6.11. The lowest BCUT2D eigenvalue weighted by Crippen LogP contribution is -2.30. The van der Waals surface area contributed by atoms with E-state index in [0.717, 1.165) is 106 Å². The first kappa shape index (κ1) is 75.7. The lowest BCUT2D eigenvalue weighted by atomic mass is 9.71. The lowest BCUT2D eigenvalue weighted by molar-refractivity contribution is 0.105. The summed E-state index contributed by atoms with van der Waals surface area (Å²) in [6.45, 7) is 65.5. The number of hydrogen-bond acceptors (Lipinski definition) is 4. The monoisotopic (exact) mass is 1370 g/mol. The first-order chi connectivity index (χ1) is 46.9. The van der Waals surface area contributed by atoms with Gasteiger partial charge in [-0.25, -0.2) is 0 Å². The largest absolute Gasteiger partial charge is 0.505 e. The Hall–Kier alpha value is -7.44. The number of phenolic OH excluding ortho intramolecular Hbond substituents is 2. The highest BCUT2D eigenvalue weighted by atomic mass is 16.5. The Morgan fingerprint density at radius 3 is 0.804 bits per heavy atom. The molecular weight excluding hydrogens is 1250 g/mol. The minimum absolute atomic E-state index is 0.0256. The van der Waals surface area contributed by atoms with Gasteiger partial charge in [0.05, 0.1) is 46.7 Å². The first-order valence-electron chi connectivity index (χ1n) is 38.4. The van der Waals surface area contributed by atoms with Crippen LogP contribution in [0.5, 0.6) is 23.0 Å². The zero-order valence-corrected chi connectivity index (χ0v) is 68.1. The fourth-order valence-electron chi connectivity index (χ4n) is 16.8. The molecule has 102 heavy (non-hydrogen) atoms. The molecule has 11 rings (SSSR count). The number of phenols is 2. The fourth-order valence-corrected chi connectivity index (χ4v) is 16.8. The van der Waals surface area contributed by atoms with E-state index >= 15 is 0 Å². The summed E-state index contributed by atoms with van der Waals surface area (Å²) in [5, 5.41) is 32.0. The van der Waals surface area contributed by atoms with E-state index in [2.05, 4.69) is 336 Å². The molecule has 2 N–H and O–H groups in total. The molecule has 10 aromatic rings. The average molecular weight is 1370 g/mol. The van der Waals surface area contributed by atoms with E-state index in [1.807, 2.05) is 0 Å². The number of rotatable bonds is 14. The Morgan fingerprint density at radius 2 is 0.549 bits per heavy atom. The van der Waals surface area contributed by atoms with Crippen LogP contribution in [0.4, 0.5) is 0 Å². The van der Waals surface area contributed by atoms with Gasteiger partial charge in [-0.2, -0.15) is 0 Å². The number of aromatic nitrogens is 2. The molecule has 1 unspecified atom stereocenters. The van der Waals surface area contributed by atoms with E-state index in [0.29, 0.717) is 13.2 Å². The summed E-state index contributed by atoms with van der Waals surface area (Å²) in [5.41, 5.74) is 17.6. The average Bonchev–Trinajstić information content (AvgIpc) is 1.55. The summed E-state index contributed by atoms with van der Waals surface area (Å²) in [4.78, 5) is 0. The Kier molecular flexibility index (Phi) is 19.5. The van der Waals surface area contributed by atoms with Gasteiger partial charge in [-0.15, -0.1) is 0 Å². The molecule has 1 saturated carbocycles. The van der Waals surface area contributed by atoms with Crippen LogP contribution in [0.15, 0.2) is 133 Å². The summed E-state index contributed by atoms with van der Waals surface area (Å²) in [7, 11) is 0. The summed E-state index contributed by atoms with van der Waals surface area (Å²) < 4.78 is 19.6. The van der Waals surface area contributed by atoms with Crippen molar-refractivity contribution >= 4 is 43.6 Å². The third-order valence-electron chi connectivity index (χ3n) is 22.4. The SMILES string of the molecule is CC(C)(C)CC(C)(C)c1cc(-c2cc(C(C)(C)C)ccc2OCC2CCCC[C@@H]2COc2ccc(C(C)(C)C)cc2-c2cc(C(C)(C)CC(C)(C)C)cc(-n3c4cc(C(C)(C)C)ccc4c4ccc(C(C)(C)C)cc43)c2O)c(O)c(-n2c3cc(C(C)(C)C)ccc3c3ccc(C(C)(C)C)cc32)c1. The highest BCUT2D eigenvalue weighted by Gasteiger charge is 2.36. The third kappa shape index (κ3) is 15.5. The summed E-state index contributed by atoms with van der Waals surface area (Å²) in [6.07, 6.45) is 6.10. The predicted octanol–water partition coefficient (Wildman–Crippen LogP) is 27.1. The summed E-state index contributed by atoms with van der Waals surface area (Å²) in [6, 6.07) is 50.4. The zero-order chi connectivity index (χ0) is 74.9. The maximum Gasteiger partial charge on any atom is 0.147 e. The van der Waals surface area contributed by atoms with Gasteiger partial charge in [-0.3, -0.25) is 0 Å². The van der Waals surface area contributed by atoms with Gasteiger partial charge >= 0.3 is 0 Å². The second kappa shape index (κ2) is 26.3. The molecule has 2 heterocycles. The normalized spacial score (nSPS) is 15.9. The number of hydrogen-bond donors (Lipinski definition) is 2. The molecule has 0 spiro atoms. The minimum Gasteiger partial charge on any atom is -0.505 e. The van der Waals surface area contributed by atoms with Crippen LogP contribution >= 0.6 is 0 Å². The number of aromatic hydroxyl groups is 2. The van der Waals surface area contributed by atoms with Crippen molar-refractivity contribution in [1.82, 2.24) is 9.13 Å². The van der Waals surface area contributed by atoms with Crippen molar-refractivity contribution in [3.63, 3.8) is 0 Å². The Labute approximate surface area is 615 Å². The molecule has 1 fully saturated rings. The molecule has 1 aliphatic carbocycles. The van der Waals surface area contributed by atoms with E-state index in [1.54, 1.807) is 0 Å². The van der Waals surface area contributed by atoms with Crippen LogP contribution in [-0.4, -0.2) is 32.6 Å². The smallest absolute Gasteiger partial charge is 0.147 e. The molecule has 0 bridgehead atoms. The third-order valence-corrected chi connectivity index (χ3v) is 22.4. The van der Waals surface area contributed by atoms with Crippen LogP contribution in [-0.2, 0) is 43.3 Å². The van der Waals surface area contributed by atoms with Crippen LogP contribution < -0.4 is 9.47 Å². The van der Waals surface area contributed by atoms with Crippen LogP contribution in [0.2, 0.25) is 0 Å². The van der Waals surface area contributed by atoms with Gasteiger partial charge in [0.15, 0.2) is 0 Å². The van der Waals surface area contributed by atoms with Crippen LogP contribution in [0.1, 0.15) is 277 Å². The molecule has 0 radical (unpaired) electrons. The van der Waals surface area contributed by atoms with Crippen molar-refractivity contribution in [2.75, 3.05) is 13.2 Å². The van der Waals surface area contributed by atoms with Crippen LogP contribution in [0.25, 0.3) is 77.2 Å². The van der Waals surface area contributed by atoms with Crippen molar-refractivity contribution in [3.05, 3.63) is 178 Å². The van der Waals surface area contributed by atoms with Crippen molar-refractivity contribution in [1.29, 1.82) is 0 Å². The molecule has 2 aromatic heterocycles. The standard InChI is InChI=1S/C96H126N2O4/c1-87(2,3)57-95(25,26)67-47-75(85(99)81(53-67)97-77-49-63(91(13,14)15)33-39-69(77)70-40-34-64(50-78(70)97)92(16,17)18)73-45-61(89(7,8)9)37-43-83(73)101-55-59-31-29-30-32-60(59)56-102-84-44-38-62(90(10,11)12)46-74(84)76-48-68(96(27,28)58-88(4,5)6)54-82(86(76)100)98-79-51-65(93(19,20)21)35-41-71(79)72-42-36-66(52-80(72)98)94(22,23)24/h33-54,59-60,99-100H,29-32,55-58H2,1-28H3/t59-,60?/m1/s1. The summed E-state index contributed by atoms with van der Waals surface area (Å²) in [5.74, 6) is 2.38. The molecule has 1 aliphatic rings. The maximum atomic E-state index is 13.7. The van der Waals surface area contributed by atoms with Gasteiger partial charge in [0.25, 0.3) is 0 Å². The van der Waals surface area contributed by atoms with E-state index in [1.165, 1.54) is 66.1 Å². The predicted molar refractivity (Wildman–Crippen MR) is 439 cm³/mol. The van der Waals surface area contributed by atoms with E-state index in [-0.39, 0.29) is 77.5 Å². The quantitative estimate of drug-likeness (QED) is 0.114. The molecule has 2 atom stereocenters. The molecule has 6 heteroatoms. The van der Waals surface area contributed by atoms with Gasteiger partial charge in [-0.05, 0) is 209 Å². The molecule has 6 nitrogen and oxygen atoms in total. The van der Waals surface area contributed by atoms with Crippen LogP contribution in [0.3, 0.4) is 0 Å². The zero-order valence-electron chi connectivity index (χ0n) is 68.1.